The van der Waals surface area contributed by atoms with Gasteiger partial charge in [-0.2, -0.15) is 5.21 Å². The first kappa shape index (κ1) is 18.3. The summed E-state index contributed by atoms with van der Waals surface area (Å²) in [5.74, 6) is 0.424. The van der Waals surface area contributed by atoms with E-state index in [-0.39, 0.29) is 5.75 Å². The van der Waals surface area contributed by atoms with Gasteiger partial charge in [0.1, 0.15) is 0 Å². The molecule has 0 radical (unpaired) electrons. The number of pyridine rings is 1. The summed E-state index contributed by atoms with van der Waals surface area (Å²) in [6, 6.07) is 1.65. The zero-order chi connectivity index (χ0) is 17.3. The lowest BCUT2D eigenvalue weighted by molar-refractivity contribution is 0.582. The topological polar surface area (TPSA) is 114 Å². The monoisotopic (exact) mass is 352 g/mol. The molecule has 24 heavy (non-hydrogen) atoms. The highest BCUT2D eigenvalue weighted by molar-refractivity contribution is 7.92. The number of nitrogens with zero attached hydrogens (tertiary/aromatic N) is 4. The molecule has 8 nitrogen and oxygen atoms in total. The number of H-pyrrole nitrogens is 1. The predicted molar refractivity (Wildman–Crippen MR) is 92.8 cm³/mol. The van der Waals surface area contributed by atoms with Crippen LogP contribution in [0.15, 0.2) is 18.5 Å². The molecular weight excluding hydrogens is 328 g/mol. The number of rotatable bonds is 11. The van der Waals surface area contributed by atoms with E-state index in [9.17, 15) is 8.42 Å². The Morgan fingerprint density at radius 1 is 1.12 bits per heavy atom. The molecule has 0 aromatic carbocycles. The van der Waals surface area contributed by atoms with E-state index < -0.39 is 10.0 Å². The van der Waals surface area contributed by atoms with Gasteiger partial charge in [-0.05, 0) is 17.7 Å². The van der Waals surface area contributed by atoms with Crippen LogP contribution in [0.5, 0.6) is 0 Å². The number of sulfonamides is 1. The van der Waals surface area contributed by atoms with Crippen molar-refractivity contribution in [3.63, 3.8) is 0 Å². The Kier molecular flexibility index (Phi) is 7.10. The SMILES string of the molecule is CCCCCCCCCS(=O)(=O)Nc1cnccc1-c1nn[nH]n1. The summed E-state index contributed by atoms with van der Waals surface area (Å²) in [6.45, 7) is 2.18. The fourth-order valence-corrected chi connectivity index (χ4v) is 3.60. The van der Waals surface area contributed by atoms with Gasteiger partial charge in [0.25, 0.3) is 0 Å². The van der Waals surface area contributed by atoms with Crippen LogP contribution in [-0.2, 0) is 10.0 Å². The van der Waals surface area contributed by atoms with E-state index in [4.69, 9.17) is 0 Å². The first-order valence-electron chi connectivity index (χ1n) is 8.30. The Morgan fingerprint density at radius 3 is 2.58 bits per heavy atom. The highest BCUT2D eigenvalue weighted by atomic mass is 32.2. The van der Waals surface area contributed by atoms with Gasteiger partial charge in [-0.1, -0.05) is 45.4 Å². The minimum absolute atomic E-state index is 0.0986. The molecule has 0 saturated carbocycles. The lowest BCUT2D eigenvalue weighted by Gasteiger charge is -2.10. The zero-order valence-electron chi connectivity index (χ0n) is 13.9. The van der Waals surface area contributed by atoms with Crippen LogP contribution in [0, 0.1) is 0 Å². The maximum Gasteiger partial charge on any atom is 0.232 e. The van der Waals surface area contributed by atoms with E-state index in [2.05, 4.69) is 37.3 Å². The molecule has 0 spiro atoms. The molecule has 0 saturated heterocycles. The number of unbranched alkanes of at least 4 members (excludes halogenated alkanes) is 6. The predicted octanol–water partition coefficient (Wildman–Crippen LogP) is 2.75. The summed E-state index contributed by atoms with van der Waals surface area (Å²) in [6.07, 6.45) is 10.5. The van der Waals surface area contributed by atoms with Crippen LogP contribution < -0.4 is 4.72 Å². The van der Waals surface area contributed by atoms with Crippen LogP contribution in [0.25, 0.3) is 11.4 Å². The van der Waals surface area contributed by atoms with Crippen molar-refractivity contribution in [2.75, 3.05) is 10.5 Å². The Balaban J connectivity index is 1.86. The van der Waals surface area contributed by atoms with Crippen molar-refractivity contribution in [3.8, 4) is 11.4 Å². The summed E-state index contributed by atoms with van der Waals surface area (Å²) in [5, 5.41) is 13.6. The van der Waals surface area contributed by atoms with Crippen molar-refractivity contribution >= 4 is 15.7 Å². The molecule has 0 atom stereocenters. The maximum absolute atomic E-state index is 12.3. The first-order valence-corrected chi connectivity index (χ1v) is 9.96. The summed E-state index contributed by atoms with van der Waals surface area (Å²) >= 11 is 0. The summed E-state index contributed by atoms with van der Waals surface area (Å²) in [5.41, 5.74) is 0.906. The average molecular weight is 352 g/mol. The summed E-state index contributed by atoms with van der Waals surface area (Å²) in [4.78, 5) is 3.96. The van der Waals surface area contributed by atoms with Gasteiger partial charge in [-0.25, -0.2) is 8.42 Å². The first-order chi connectivity index (χ1) is 11.6. The highest BCUT2D eigenvalue weighted by Gasteiger charge is 2.15. The molecule has 2 rings (SSSR count). The van der Waals surface area contributed by atoms with Gasteiger partial charge in [-0.15, -0.1) is 10.2 Å². The molecule has 0 bridgehead atoms. The lowest BCUT2D eigenvalue weighted by Crippen LogP contribution is -2.17. The van der Waals surface area contributed by atoms with Gasteiger partial charge < -0.3 is 0 Å². The van der Waals surface area contributed by atoms with Crippen molar-refractivity contribution in [1.29, 1.82) is 0 Å². The molecule has 0 aliphatic carbocycles. The fourth-order valence-electron chi connectivity index (χ4n) is 2.41. The van der Waals surface area contributed by atoms with E-state index in [0.29, 0.717) is 23.5 Å². The van der Waals surface area contributed by atoms with E-state index in [0.717, 1.165) is 12.8 Å². The second kappa shape index (κ2) is 9.31. The minimum Gasteiger partial charge on any atom is -0.281 e. The molecule has 132 valence electrons. The Morgan fingerprint density at radius 2 is 1.88 bits per heavy atom. The number of nitrogens with one attached hydrogen (secondary N) is 2. The number of aromatic amines is 1. The maximum atomic E-state index is 12.3. The second-order valence-corrected chi connectivity index (χ2v) is 7.54. The normalized spacial score (nSPS) is 11.5. The molecule has 0 fully saturated rings. The molecule has 0 amide bonds. The van der Waals surface area contributed by atoms with E-state index >= 15 is 0 Å². The molecule has 2 heterocycles. The van der Waals surface area contributed by atoms with Crippen molar-refractivity contribution in [1.82, 2.24) is 25.6 Å². The van der Waals surface area contributed by atoms with Crippen LogP contribution in [0.1, 0.15) is 51.9 Å². The standard InChI is InChI=1S/C15H24N6O2S/c1-2-3-4-5-6-7-8-11-24(22,23)19-14-12-16-10-9-13(14)15-17-20-21-18-15/h9-10,12,19H,2-8,11H2,1H3,(H,17,18,20,21). The molecule has 0 aliphatic heterocycles. The molecular formula is C15H24N6O2S. The van der Waals surface area contributed by atoms with Crippen LogP contribution in [0.2, 0.25) is 0 Å². The number of anilines is 1. The van der Waals surface area contributed by atoms with Crippen molar-refractivity contribution in [2.24, 2.45) is 0 Å². The summed E-state index contributed by atoms with van der Waals surface area (Å²) < 4.78 is 27.1. The average Bonchev–Trinajstić information content (AvgIpc) is 3.08. The Bertz CT molecular complexity index is 703. The van der Waals surface area contributed by atoms with Gasteiger partial charge in [0.05, 0.1) is 23.2 Å². The van der Waals surface area contributed by atoms with Crippen LogP contribution >= 0.6 is 0 Å². The third kappa shape index (κ3) is 5.88. The molecule has 0 aliphatic rings. The highest BCUT2D eigenvalue weighted by Crippen LogP contribution is 2.24. The van der Waals surface area contributed by atoms with E-state index in [1.54, 1.807) is 12.3 Å². The van der Waals surface area contributed by atoms with E-state index in [1.807, 2.05) is 0 Å². The van der Waals surface area contributed by atoms with Crippen molar-refractivity contribution in [2.45, 2.75) is 51.9 Å². The third-order valence-electron chi connectivity index (χ3n) is 3.69. The third-order valence-corrected chi connectivity index (χ3v) is 5.05. The van der Waals surface area contributed by atoms with Gasteiger partial charge >= 0.3 is 0 Å². The number of aromatic nitrogens is 5. The smallest absolute Gasteiger partial charge is 0.232 e. The van der Waals surface area contributed by atoms with Gasteiger partial charge in [-0.3, -0.25) is 9.71 Å². The van der Waals surface area contributed by atoms with Gasteiger partial charge in [0.2, 0.25) is 15.8 Å². The lowest BCUT2D eigenvalue weighted by atomic mass is 10.1. The van der Waals surface area contributed by atoms with E-state index in [1.165, 1.54) is 31.9 Å². The Hall–Kier alpha value is -2.03. The largest absolute Gasteiger partial charge is 0.281 e. The Labute approximate surface area is 142 Å². The number of hydrogen-bond acceptors (Lipinski definition) is 6. The second-order valence-electron chi connectivity index (χ2n) is 5.70. The zero-order valence-corrected chi connectivity index (χ0v) is 14.7. The van der Waals surface area contributed by atoms with Crippen molar-refractivity contribution < 1.29 is 8.42 Å². The van der Waals surface area contributed by atoms with Crippen molar-refractivity contribution in [3.05, 3.63) is 18.5 Å². The minimum atomic E-state index is -3.42. The van der Waals surface area contributed by atoms with Crippen LogP contribution in [0.3, 0.4) is 0 Å². The van der Waals surface area contributed by atoms with Crippen LogP contribution in [0.4, 0.5) is 5.69 Å². The van der Waals surface area contributed by atoms with Gasteiger partial charge in [0.15, 0.2) is 0 Å². The quantitative estimate of drug-likeness (QED) is 0.601. The molecule has 2 aromatic rings. The number of tetrazole rings is 1. The fraction of sp³-hybridized carbons (Fsp3) is 0.600. The molecule has 2 aromatic heterocycles. The molecule has 9 heteroatoms. The van der Waals surface area contributed by atoms with Crippen LogP contribution in [-0.4, -0.2) is 39.8 Å². The summed E-state index contributed by atoms with van der Waals surface area (Å²) in [7, 11) is -3.42. The number of hydrogen-bond donors (Lipinski definition) is 2. The molecule has 0 unspecified atom stereocenters. The van der Waals surface area contributed by atoms with Gasteiger partial charge in [0, 0.05) is 6.20 Å². The molecule has 2 N–H and O–H groups in total.